The number of fused-ring (bicyclic) bond motifs is 1. The summed E-state index contributed by atoms with van der Waals surface area (Å²) in [5.74, 6) is 0.0412. The van der Waals surface area contributed by atoms with Crippen molar-refractivity contribution in [2.24, 2.45) is 16.8 Å². The number of likely N-dealkylation sites (tertiary alicyclic amines) is 1. The van der Waals surface area contributed by atoms with E-state index >= 15 is 0 Å². The van der Waals surface area contributed by atoms with Gasteiger partial charge in [0.1, 0.15) is 11.9 Å². The van der Waals surface area contributed by atoms with Gasteiger partial charge in [0.15, 0.2) is 6.61 Å². The van der Waals surface area contributed by atoms with Crippen molar-refractivity contribution >= 4 is 27.7 Å². The molecule has 3 atom stereocenters. The molecule has 1 aromatic rings. The van der Waals surface area contributed by atoms with E-state index in [4.69, 9.17) is 4.74 Å². The minimum absolute atomic E-state index is 0.102. The van der Waals surface area contributed by atoms with Crippen molar-refractivity contribution in [1.29, 1.82) is 0 Å². The van der Waals surface area contributed by atoms with E-state index in [2.05, 4.69) is 23.6 Å². The highest BCUT2D eigenvalue weighted by atomic mass is 32.2. The number of nitrogens with one attached hydrogen (secondary N) is 1. The van der Waals surface area contributed by atoms with Crippen molar-refractivity contribution in [3.63, 3.8) is 0 Å². The molecule has 0 spiro atoms. The van der Waals surface area contributed by atoms with Gasteiger partial charge >= 0.3 is 5.97 Å². The van der Waals surface area contributed by atoms with Gasteiger partial charge in [0, 0.05) is 18.7 Å². The van der Waals surface area contributed by atoms with E-state index in [1.807, 2.05) is 0 Å². The van der Waals surface area contributed by atoms with Crippen LogP contribution in [-0.2, 0) is 24.3 Å². The second-order valence-corrected chi connectivity index (χ2v) is 9.26. The van der Waals surface area contributed by atoms with Crippen LogP contribution in [0.25, 0.3) is 0 Å². The fourth-order valence-electron chi connectivity index (χ4n) is 3.69. The van der Waals surface area contributed by atoms with E-state index < -0.39 is 22.0 Å². The first-order valence-corrected chi connectivity index (χ1v) is 10.8. The lowest BCUT2D eigenvalue weighted by Crippen LogP contribution is -2.44. The summed E-state index contributed by atoms with van der Waals surface area (Å²) in [6.45, 7) is 6.69. The largest absolute Gasteiger partial charge is 0.454 e. The Labute approximate surface area is 165 Å². The first-order valence-electron chi connectivity index (χ1n) is 9.32. The second-order valence-electron chi connectivity index (χ2n) is 7.61. The Kier molecular flexibility index (Phi) is 5.74. The third-order valence-electron chi connectivity index (χ3n) is 4.89. The van der Waals surface area contributed by atoms with E-state index in [0.29, 0.717) is 30.5 Å². The maximum atomic E-state index is 12.3. The molecule has 0 bridgehead atoms. The molecule has 2 heterocycles. The maximum absolute atomic E-state index is 12.3. The van der Waals surface area contributed by atoms with E-state index in [-0.39, 0.29) is 23.2 Å². The molecular formula is C19H25N3O5S. The minimum atomic E-state index is -3.67. The first-order chi connectivity index (χ1) is 13.2. The Hall–Kier alpha value is -2.42. The van der Waals surface area contributed by atoms with Crippen LogP contribution in [0.15, 0.2) is 34.2 Å². The molecule has 0 radical (unpaired) electrons. The van der Waals surface area contributed by atoms with Crippen LogP contribution in [0.3, 0.4) is 0 Å². The standard InChI is InChI=1S/C19H25N3O5S/c1-12-8-13(2)10-22(9-12)17(23)11-27-19(24)14(3)20-18-15-6-4-5-7-16(15)28(25,26)21-18/h4-7,12-14H,8-11H2,1-3H3,(H,20,21)/t12-,13-,14-/m0/s1. The van der Waals surface area contributed by atoms with Crippen LogP contribution in [0.2, 0.25) is 0 Å². The number of esters is 1. The summed E-state index contributed by atoms with van der Waals surface area (Å²) in [6, 6.07) is 5.45. The quantitative estimate of drug-likeness (QED) is 0.754. The SMILES string of the molecule is C[C@H]1C[C@H](C)CN(C(=O)COC(=O)[C@H](C)N=C2NS(=O)(=O)c3ccccc32)C1. The normalized spacial score (nSPS) is 25.7. The van der Waals surface area contributed by atoms with Gasteiger partial charge in [-0.25, -0.2) is 13.2 Å². The Morgan fingerprint density at radius 2 is 1.89 bits per heavy atom. The number of piperidine rings is 1. The van der Waals surface area contributed by atoms with Crippen molar-refractivity contribution < 1.29 is 22.7 Å². The second kappa shape index (κ2) is 7.90. The fourth-order valence-corrected chi connectivity index (χ4v) is 4.93. The zero-order valence-corrected chi connectivity index (χ0v) is 17.0. The van der Waals surface area contributed by atoms with Crippen molar-refractivity contribution in [2.45, 2.75) is 38.1 Å². The summed E-state index contributed by atoms with van der Waals surface area (Å²) < 4.78 is 31.7. The number of carbonyl (C=O) groups is 2. The van der Waals surface area contributed by atoms with Crippen LogP contribution in [0.5, 0.6) is 0 Å². The number of carbonyl (C=O) groups excluding carboxylic acids is 2. The van der Waals surface area contributed by atoms with Gasteiger partial charge in [-0.15, -0.1) is 0 Å². The molecule has 0 aliphatic carbocycles. The summed E-state index contributed by atoms with van der Waals surface area (Å²) in [5.41, 5.74) is 0.412. The first kappa shape index (κ1) is 20.3. The van der Waals surface area contributed by atoms with Crippen LogP contribution in [-0.4, -0.2) is 56.8 Å². The number of amidine groups is 1. The van der Waals surface area contributed by atoms with Gasteiger partial charge in [0.05, 0.1) is 4.90 Å². The Balaban J connectivity index is 1.61. The Morgan fingerprint density at radius 3 is 2.57 bits per heavy atom. The van der Waals surface area contributed by atoms with Crippen LogP contribution < -0.4 is 4.72 Å². The van der Waals surface area contributed by atoms with E-state index in [0.717, 1.165) is 6.42 Å². The van der Waals surface area contributed by atoms with Gasteiger partial charge in [-0.05, 0) is 37.3 Å². The smallest absolute Gasteiger partial charge is 0.331 e. The zero-order valence-electron chi connectivity index (χ0n) is 16.2. The van der Waals surface area contributed by atoms with Gasteiger partial charge in [-0.2, -0.15) is 0 Å². The number of benzene rings is 1. The average Bonchev–Trinajstić information content (AvgIpc) is 2.89. The van der Waals surface area contributed by atoms with E-state index in [9.17, 15) is 18.0 Å². The highest BCUT2D eigenvalue weighted by Gasteiger charge is 2.31. The molecule has 8 nitrogen and oxygen atoms in total. The lowest BCUT2D eigenvalue weighted by Gasteiger charge is -2.34. The van der Waals surface area contributed by atoms with Crippen LogP contribution >= 0.6 is 0 Å². The van der Waals surface area contributed by atoms with Crippen LogP contribution in [0.4, 0.5) is 0 Å². The third-order valence-corrected chi connectivity index (χ3v) is 6.28. The van der Waals surface area contributed by atoms with Crippen molar-refractivity contribution in [3.05, 3.63) is 29.8 Å². The molecule has 28 heavy (non-hydrogen) atoms. The summed E-state index contributed by atoms with van der Waals surface area (Å²) in [7, 11) is -3.67. The number of aliphatic imine (C=N–C) groups is 1. The zero-order chi connectivity index (χ0) is 20.5. The molecule has 1 saturated heterocycles. The Bertz CT molecular complexity index is 902. The molecular weight excluding hydrogens is 382 g/mol. The van der Waals surface area contributed by atoms with Crippen LogP contribution in [0, 0.1) is 11.8 Å². The number of nitrogens with zero attached hydrogens (tertiary/aromatic N) is 2. The molecule has 1 amide bonds. The Morgan fingerprint density at radius 1 is 1.25 bits per heavy atom. The summed E-state index contributed by atoms with van der Waals surface area (Å²) in [5, 5.41) is 0. The highest BCUT2D eigenvalue weighted by molar-refractivity contribution is 7.90. The molecule has 3 rings (SSSR count). The lowest BCUT2D eigenvalue weighted by molar-refractivity contribution is -0.153. The number of rotatable bonds is 4. The van der Waals surface area contributed by atoms with Crippen molar-refractivity contribution in [1.82, 2.24) is 9.62 Å². The number of ether oxygens (including phenoxy) is 1. The predicted octanol–water partition coefficient (Wildman–Crippen LogP) is 1.16. The molecule has 1 fully saturated rings. The lowest BCUT2D eigenvalue weighted by atomic mass is 9.92. The molecule has 0 saturated carbocycles. The highest BCUT2D eigenvalue weighted by Crippen LogP contribution is 2.23. The van der Waals surface area contributed by atoms with Gasteiger partial charge in [0.25, 0.3) is 15.9 Å². The molecule has 0 aromatic heterocycles. The maximum Gasteiger partial charge on any atom is 0.331 e. The number of hydrogen-bond acceptors (Lipinski definition) is 6. The summed E-state index contributed by atoms with van der Waals surface area (Å²) >= 11 is 0. The van der Waals surface area contributed by atoms with Gasteiger partial charge in [-0.1, -0.05) is 26.0 Å². The molecule has 152 valence electrons. The van der Waals surface area contributed by atoms with Gasteiger partial charge in [0.2, 0.25) is 0 Å². The number of sulfonamides is 1. The van der Waals surface area contributed by atoms with E-state index in [1.165, 1.54) is 13.0 Å². The molecule has 2 aliphatic heterocycles. The van der Waals surface area contributed by atoms with Crippen molar-refractivity contribution in [2.75, 3.05) is 19.7 Å². The number of hydrogen-bond donors (Lipinski definition) is 1. The fraction of sp³-hybridized carbons (Fsp3) is 0.526. The summed E-state index contributed by atoms with van der Waals surface area (Å²) in [6.07, 6.45) is 1.08. The molecule has 0 unspecified atom stereocenters. The summed E-state index contributed by atoms with van der Waals surface area (Å²) in [4.78, 5) is 30.6. The molecule has 9 heteroatoms. The monoisotopic (exact) mass is 407 g/mol. The average molecular weight is 407 g/mol. The van der Waals surface area contributed by atoms with Gasteiger partial charge in [-0.3, -0.25) is 14.5 Å². The van der Waals surface area contributed by atoms with Crippen LogP contribution in [0.1, 0.15) is 32.8 Å². The predicted molar refractivity (Wildman–Crippen MR) is 103 cm³/mol. The third kappa shape index (κ3) is 4.35. The topological polar surface area (TPSA) is 105 Å². The van der Waals surface area contributed by atoms with Gasteiger partial charge < -0.3 is 9.64 Å². The molecule has 2 aliphatic rings. The number of amides is 1. The minimum Gasteiger partial charge on any atom is -0.454 e. The molecule has 1 aromatic carbocycles. The van der Waals surface area contributed by atoms with Crippen molar-refractivity contribution in [3.8, 4) is 0 Å². The van der Waals surface area contributed by atoms with E-state index in [1.54, 1.807) is 23.1 Å². The molecule has 1 N–H and O–H groups in total.